The van der Waals surface area contributed by atoms with Crippen molar-refractivity contribution < 1.29 is 24.2 Å². The van der Waals surface area contributed by atoms with E-state index in [9.17, 15) is 14.4 Å². The van der Waals surface area contributed by atoms with Crippen LogP contribution in [0.4, 0.5) is 5.69 Å². The van der Waals surface area contributed by atoms with Crippen molar-refractivity contribution in [3.8, 4) is 0 Å². The fourth-order valence-corrected chi connectivity index (χ4v) is 2.19. The van der Waals surface area contributed by atoms with E-state index in [2.05, 4.69) is 10.6 Å². The lowest BCUT2D eigenvalue weighted by atomic mass is 10.1. The number of aliphatic carboxylic acids is 1. The first kappa shape index (κ1) is 16.0. The molecule has 1 aliphatic heterocycles. The van der Waals surface area contributed by atoms with E-state index in [4.69, 9.17) is 9.84 Å². The Morgan fingerprint density at radius 2 is 1.95 bits per heavy atom. The number of rotatable bonds is 6. The number of carboxylic acid groups (broad SMARTS) is 1. The van der Waals surface area contributed by atoms with E-state index in [0.29, 0.717) is 24.3 Å². The average Bonchev–Trinajstić information content (AvgIpc) is 2.98. The fraction of sp³-hybridized carbons (Fsp3) is 0.400. The molecule has 22 heavy (non-hydrogen) atoms. The van der Waals surface area contributed by atoms with Gasteiger partial charge in [0.2, 0.25) is 5.91 Å². The summed E-state index contributed by atoms with van der Waals surface area (Å²) < 4.78 is 5.40. The predicted octanol–water partition coefficient (Wildman–Crippen LogP) is 1.01. The summed E-state index contributed by atoms with van der Waals surface area (Å²) in [6.45, 7) is 0.275. The topological polar surface area (TPSA) is 105 Å². The van der Waals surface area contributed by atoms with E-state index in [-0.39, 0.29) is 12.0 Å². The van der Waals surface area contributed by atoms with Crippen LogP contribution in [0.2, 0.25) is 0 Å². The smallest absolute Gasteiger partial charge is 0.322 e. The molecule has 3 N–H and O–H groups in total. The number of nitrogens with one attached hydrogen (secondary N) is 2. The molecule has 0 radical (unpaired) electrons. The standard InChI is InChI=1S/C15H18N2O5/c18-13(8-12-2-1-7-22-12)17-11-5-3-10(4-6-11)15(21)16-9-14(19)20/h3-6,12H,1-2,7-9H2,(H,16,21)(H,17,18)(H,19,20). The van der Waals surface area contributed by atoms with Crippen molar-refractivity contribution in [1.82, 2.24) is 5.32 Å². The lowest BCUT2D eigenvalue weighted by molar-refractivity contribution is -0.135. The normalized spacial score (nSPS) is 17.0. The van der Waals surface area contributed by atoms with Gasteiger partial charge < -0.3 is 20.5 Å². The Hall–Kier alpha value is -2.41. The summed E-state index contributed by atoms with van der Waals surface area (Å²) >= 11 is 0. The molecule has 0 bridgehead atoms. The molecule has 1 heterocycles. The van der Waals surface area contributed by atoms with Crippen LogP contribution in [0.5, 0.6) is 0 Å². The van der Waals surface area contributed by atoms with Gasteiger partial charge in [0.15, 0.2) is 0 Å². The summed E-state index contributed by atoms with van der Waals surface area (Å²) in [4.78, 5) is 33.8. The van der Waals surface area contributed by atoms with Gasteiger partial charge in [-0.2, -0.15) is 0 Å². The quantitative estimate of drug-likeness (QED) is 0.727. The maximum absolute atomic E-state index is 11.8. The highest BCUT2D eigenvalue weighted by atomic mass is 16.5. The van der Waals surface area contributed by atoms with E-state index >= 15 is 0 Å². The van der Waals surface area contributed by atoms with Gasteiger partial charge in [-0.3, -0.25) is 14.4 Å². The van der Waals surface area contributed by atoms with Crippen LogP contribution in [0, 0.1) is 0 Å². The van der Waals surface area contributed by atoms with Crippen LogP contribution in [0.15, 0.2) is 24.3 Å². The van der Waals surface area contributed by atoms with Gasteiger partial charge in [0.05, 0.1) is 12.5 Å². The number of hydrogen-bond donors (Lipinski definition) is 3. The minimum atomic E-state index is -1.11. The van der Waals surface area contributed by atoms with Crippen molar-refractivity contribution in [3.05, 3.63) is 29.8 Å². The van der Waals surface area contributed by atoms with Gasteiger partial charge in [0.1, 0.15) is 6.54 Å². The minimum absolute atomic E-state index is 0.0129. The van der Waals surface area contributed by atoms with Gasteiger partial charge in [-0.05, 0) is 37.1 Å². The SMILES string of the molecule is O=C(O)CNC(=O)c1ccc(NC(=O)CC2CCCO2)cc1. The lowest BCUT2D eigenvalue weighted by Crippen LogP contribution is -2.29. The van der Waals surface area contributed by atoms with Crippen LogP contribution >= 0.6 is 0 Å². The molecule has 1 aromatic rings. The molecule has 1 aliphatic rings. The summed E-state index contributed by atoms with van der Waals surface area (Å²) in [6.07, 6.45) is 2.19. The summed E-state index contributed by atoms with van der Waals surface area (Å²) in [6, 6.07) is 6.25. The Morgan fingerprint density at radius 1 is 1.23 bits per heavy atom. The van der Waals surface area contributed by atoms with Crippen LogP contribution in [0.25, 0.3) is 0 Å². The average molecular weight is 306 g/mol. The number of ether oxygens (including phenoxy) is 1. The zero-order chi connectivity index (χ0) is 15.9. The number of carboxylic acids is 1. The van der Waals surface area contributed by atoms with Crippen molar-refractivity contribution >= 4 is 23.5 Å². The van der Waals surface area contributed by atoms with Crippen LogP contribution < -0.4 is 10.6 Å². The summed E-state index contributed by atoms with van der Waals surface area (Å²) in [5, 5.41) is 13.5. The molecule has 1 saturated heterocycles. The van der Waals surface area contributed by atoms with Crippen molar-refractivity contribution in [2.75, 3.05) is 18.5 Å². The highest BCUT2D eigenvalue weighted by molar-refractivity contribution is 5.97. The van der Waals surface area contributed by atoms with E-state index in [1.807, 2.05) is 0 Å². The van der Waals surface area contributed by atoms with E-state index in [0.717, 1.165) is 12.8 Å². The highest BCUT2D eigenvalue weighted by Crippen LogP contribution is 2.16. The molecule has 0 aromatic heterocycles. The van der Waals surface area contributed by atoms with Crippen LogP contribution in [0.1, 0.15) is 29.6 Å². The van der Waals surface area contributed by atoms with Gasteiger partial charge >= 0.3 is 5.97 Å². The number of hydrogen-bond acceptors (Lipinski definition) is 4. The molecular formula is C15H18N2O5. The summed E-state index contributed by atoms with van der Waals surface area (Å²) in [5.74, 6) is -1.71. The van der Waals surface area contributed by atoms with E-state index in [1.54, 1.807) is 12.1 Å². The zero-order valence-electron chi connectivity index (χ0n) is 12.0. The third-order valence-corrected chi connectivity index (χ3v) is 3.27. The molecule has 0 saturated carbocycles. The first-order valence-electron chi connectivity index (χ1n) is 7.06. The number of carbonyl (C=O) groups excluding carboxylic acids is 2. The van der Waals surface area contributed by atoms with Gasteiger partial charge in [-0.15, -0.1) is 0 Å². The minimum Gasteiger partial charge on any atom is -0.480 e. The van der Waals surface area contributed by atoms with Crippen LogP contribution in [0.3, 0.4) is 0 Å². The van der Waals surface area contributed by atoms with Gasteiger partial charge in [-0.25, -0.2) is 0 Å². The predicted molar refractivity (Wildman–Crippen MR) is 78.6 cm³/mol. The van der Waals surface area contributed by atoms with E-state index < -0.39 is 18.4 Å². The van der Waals surface area contributed by atoms with Crippen molar-refractivity contribution in [3.63, 3.8) is 0 Å². The molecule has 1 unspecified atom stereocenters. The Labute approximate surface area is 127 Å². The largest absolute Gasteiger partial charge is 0.480 e. The molecule has 1 fully saturated rings. The molecule has 2 amide bonds. The van der Waals surface area contributed by atoms with Crippen molar-refractivity contribution in [2.24, 2.45) is 0 Å². The Balaban J connectivity index is 1.84. The van der Waals surface area contributed by atoms with Crippen LogP contribution in [-0.4, -0.2) is 42.1 Å². The second-order valence-electron chi connectivity index (χ2n) is 5.04. The van der Waals surface area contributed by atoms with E-state index in [1.165, 1.54) is 12.1 Å². The third-order valence-electron chi connectivity index (χ3n) is 3.27. The number of amides is 2. The molecule has 1 atom stereocenters. The molecule has 0 spiro atoms. The first-order chi connectivity index (χ1) is 10.5. The van der Waals surface area contributed by atoms with Gasteiger partial charge in [0, 0.05) is 17.9 Å². The molecule has 118 valence electrons. The Bertz CT molecular complexity index is 550. The second-order valence-corrected chi connectivity index (χ2v) is 5.04. The maximum Gasteiger partial charge on any atom is 0.322 e. The van der Waals surface area contributed by atoms with Crippen LogP contribution in [-0.2, 0) is 14.3 Å². The van der Waals surface area contributed by atoms with Crippen molar-refractivity contribution in [2.45, 2.75) is 25.4 Å². The van der Waals surface area contributed by atoms with Gasteiger partial charge in [-0.1, -0.05) is 0 Å². The molecule has 7 nitrogen and oxygen atoms in total. The first-order valence-corrected chi connectivity index (χ1v) is 7.06. The lowest BCUT2D eigenvalue weighted by Gasteiger charge is -2.10. The number of anilines is 1. The zero-order valence-corrected chi connectivity index (χ0v) is 12.0. The highest BCUT2D eigenvalue weighted by Gasteiger charge is 2.19. The molecule has 7 heteroatoms. The number of carbonyl (C=O) groups is 3. The van der Waals surface area contributed by atoms with Crippen molar-refractivity contribution in [1.29, 1.82) is 0 Å². The Morgan fingerprint density at radius 3 is 2.55 bits per heavy atom. The second kappa shape index (κ2) is 7.56. The third kappa shape index (κ3) is 4.85. The number of benzene rings is 1. The fourth-order valence-electron chi connectivity index (χ4n) is 2.19. The monoisotopic (exact) mass is 306 g/mol. The molecule has 1 aromatic carbocycles. The molecule has 2 rings (SSSR count). The maximum atomic E-state index is 11.8. The Kier molecular flexibility index (Phi) is 5.48. The molecule has 0 aliphatic carbocycles. The van der Waals surface area contributed by atoms with Gasteiger partial charge in [0.25, 0.3) is 5.91 Å². The summed E-state index contributed by atoms with van der Waals surface area (Å²) in [7, 11) is 0. The summed E-state index contributed by atoms with van der Waals surface area (Å²) in [5.41, 5.74) is 0.913. The molecular weight excluding hydrogens is 288 g/mol.